The second-order valence-electron chi connectivity index (χ2n) is 6.06. The molecule has 6 heteroatoms. The van der Waals surface area contributed by atoms with Crippen molar-refractivity contribution in [3.8, 4) is 29.6 Å². The molecule has 0 amide bonds. The molecule has 0 saturated carbocycles. The van der Waals surface area contributed by atoms with Crippen LogP contribution in [0, 0.1) is 19.3 Å². The van der Waals surface area contributed by atoms with Crippen LogP contribution >= 0.6 is 0 Å². The number of benzene rings is 1. The molecule has 0 radical (unpaired) electrons. The van der Waals surface area contributed by atoms with Gasteiger partial charge in [0.1, 0.15) is 12.4 Å². The second-order valence-corrected chi connectivity index (χ2v) is 6.06. The highest BCUT2D eigenvalue weighted by atomic mass is 16.5. The predicted molar refractivity (Wildman–Crippen MR) is 95.8 cm³/mol. The average Bonchev–Trinajstić information content (AvgIpc) is 2.63. The fourth-order valence-electron chi connectivity index (χ4n) is 3.08. The van der Waals surface area contributed by atoms with Gasteiger partial charge in [0.05, 0.1) is 19.1 Å². The van der Waals surface area contributed by atoms with Crippen LogP contribution < -0.4 is 19.8 Å². The minimum absolute atomic E-state index is 0.0756. The molecule has 1 aromatic heterocycles. The molecule has 0 spiro atoms. The number of pyridine rings is 1. The summed E-state index contributed by atoms with van der Waals surface area (Å²) in [6, 6.07) is 7.01. The van der Waals surface area contributed by atoms with E-state index in [4.69, 9.17) is 20.6 Å². The van der Waals surface area contributed by atoms with Crippen LogP contribution in [-0.4, -0.2) is 24.3 Å². The molecule has 0 aliphatic carbocycles. The summed E-state index contributed by atoms with van der Waals surface area (Å²) >= 11 is 0. The van der Waals surface area contributed by atoms with Crippen LogP contribution in [0.15, 0.2) is 29.1 Å². The van der Waals surface area contributed by atoms with Crippen molar-refractivity contribution in [1.82, 2.24) is 4.57 Å². The summed E-state index contributed by atoms with van der Waals surface area (Å²) in [5.74, 6) is 2.91. The van der Waals surface area contributed by atoms with Gasteiger partial charge in [-0.2, -0.15) is 0 Å². The number of fused-ring (bicyclic) bond motifs is 1. The summed E-state index contributed by atoms with van der Waals surface area (Å²) in [4.78, 5) is 24.9. The van der Waals surface area contributed by atoms with E-state index in [1.165, 1.54) is 7.11 Å². The molecule has 0 N–H and O–H groups in total. The standard InChI is InChI=1S/C20H19NO5/c1-5-8-25-16-10-13(6-7-15(16)24-4)14-11-18(22)26-17-9-12(2)21(3)20(23)19(14)17/h1,6-7,9-10,14H,8,11H2,2-4H3. The molecule has 1 unspecified atom stereocenters. The molecule has 3 rings (SSSR count). The lowest BCUT2D eigenvalue weighted by Gasteiger charge is -2.26. The van der Waals surface area contributed by atoms with E-state index in [1.807, 2.05) is 6.07 Å². The lowest BCUT2D eigenvalue weighted by Crippen LogP contribution is -2.32. The number of terminal acetylenes is 1. The van der Waals surface area contributed by atoms with Gasteiger partial charge in [-0.1, -0.05) is 12.0 Å². The van der Waals surface area contributed by atoms with Crippen molar-refractivity contribution in [1.29, 1.82) is 0 Å². The lowest BCUT2D eigenvalue weighted by atomic mass is 9.86. The molecule has 1 aliphatic heterocycles. The van der Waals surface area contributed by atoms with Crippen LogP contribution in [0.1, 0.15) is 29.2 Å². The molecule has 6 nitrogen and oxygen atoms in total. The Bertz CT molecular complexity index is 967. The number of carbonyl (C=O) groups excluding carboxylic acids is 1. The molecule has 0 fully saturated rings. The molecule has 1 aliphatic rings. The normalized spacial score (nSPS) is 15.6. The third-order valence-electron chi connectivity index (χ3n) is 4.51. The first kappa shape index (κ1) is 17.6. The number of aryl methyl sites for hydroxylation is 1. The van der Waals surface area contributed by atoms with Gasteiger partial charge < -0.3 is 18.8 Å². The third-order valence-corrected chi connectivity index (χ3v) is 4.51. The van der Waals surface area contributed by atoms with Gasteiger partial charge in [0.25, 0.3) is 5.56 Å². The van der Waals surface area contributed by atoms with Crippen molar-refractivity contribution in [3.05, 3.63) is 51.4 Å². The fourth-order valence-corrected chi connectivity index (χ4v) is 3.08. The van der Waals surface area contributed by atoms with Crippen molar-refractivity contribution >= 4 is 5.97 Å². The maximum atomic E-state index is 12.8. The highest BCUT2D eigenvalue weighted by Crippen LogP contribution is 2.39. The second kappa shape index (κ2) is 6.96. The van der Waals surface area contributed by atoms with Gasteiger partial charge >= 0.3 is 5.97 Å². The Hall–Kier alpha value is -3.20. The quantitative estimate of drug-likeness (QED) is 0.622. The van der Waals surface area contributed by atoms with E-state index in [1.54, 1.807) is 36.7 Å². The zero-order valence-corrected chi connectivity index (χ0v) is 14.9. The number of nitrogens with zero attached hydrogens (tertiary/aromatic N) is 1. The summed E-state index contributed by atoms with van der Waals surface area (Å²) < 4.78 is 17.7. The minimum Gasteiger partial charge on any atom is -0.493 e. The van der Waals surface area contributed by atoms with Gasteiger partial charge in [0.2, 0.25) is 0 Å². The summed E-state index contributed by atoms with van der Waals surface area (Å²) in [6.45, 7) is 1.88. The molecule has 1 atom stereocenters. The van der Waals surface area contributed by atoms with E-state index in [9.17, 15) is 9.59 Å². The maximum Gasteiger partial charge on any atom is 0.312 e. The largest absolute Gasteiger partial charge is 0.493 e. The van der Waals surface area contributed by atoms with Crippen molar-refractivity contribution in [2.75, 3.05) is 13.7 Å². The van der Waals surface area contributed by atoms with Crippen LogP contribution in [-0.2, 0) is 11.8 Å². The van der Waals surface area contributed by atoms with Crippen LogP contribution in [0.25, 0.3) is 0 Å². The first-order chi connectivity index (χ1) is 12.5. The molecular weight excluding hydrogens is 334 g/mol. The van der Waals surface area contributed by atoms with Gasteiger partial charge in [0, 0.05) is 24.7 Å². The van der Waals surface area contributed by atoms with E-state index in [-0.39, 0.29) is 24.6 Å². The first-order valence-corrected chi connectivity index (χ1v) is 8.11. The van der Waals surface area contributed by atoms with Crippen LogP contribution in [0.3, 0.4) is 0 Å². The topological polar surface area (TPSA) is 66.8 Å². The number of esters is 1. The summed E-state index contributed by atoms with van der Waals surface area (Å²) in [7, 11) is 3.23. The Balaban J connectivity index is 2.14. The summed E-state index contributed by atoms with van der Waals surface area (Å²) in [5, 5.41) is 0. The molecule has 0 saturated heterocycles. The van der Waals surface area contributed by atoms with Gasteiger partial charge in [-0.25, -0.2) is 0 Å². The molecule has 0 bridgehead atoms. The van der Waals surface area contributed by atoms with Gasteiger partial charge in [-0.15, -0.1) is 6.42 Å². The van der Waals surface area contributed by atoms with Crippen molar-refractivity contribution in [3.63, 3.8) is 0 Å². The van der Waals surface area contributed by atoms with Gasteiger partial charge in [-0.05, 0) is 24.6 Å². The SMILES string of the molecule is C#CCOc1cc(C2CC(=O)Oc3cc(C)n(C)c(=O)c32)ccc1OC. The van der Waals surface area contributed by atoms with Crippen LogP contribution in [0.2, 0.25) is 0 Å². The Labute approximate surface area is 151 Å². The smallest absolute Gasteiger partial charge is 0.312 e. The Morgan fingerprint density at radius 1 is 1.31 bits per heavy atom. The number of methoxy groups -OCH3 is 1. The molecule has 1 aromatic carbocycles. The Kier molecular flexibility index (Phi) is 4.72. The minimum atomic E-state index is -0.426. The van der Waals surface area contributed by atoms with Crippen molar-refractivity contribution < 1.29 is 19.0 Å². The van der Waals surface area contributed by atoms with Crippen molar-refractivity contribution in [2.24, 2.45) is 7.05 Å². The molecule has 2 aromatic rings. The number of hydrogen-bond donors (Lipinski definition) is 0. The average molecular weight is 353 g/mol. The number of rotatable bonds is 4. The predicted octanol–water partition coefficient (Wildman–Crippen LogP) is 2.16. The maximum absolute atomic E-state index is 12.8. The van der Waals surface area contributed by atoms with E-state index < -0.39 is 5.92 Å². The molecule has 134 valence electrons. The monoisotopic (exact) mass is 353 g/mol. The Morgan fingerprint density at radius 3 is 2.77 bits per heavy atom. The van der Waals surface area contributed by atoms with Gasteiger partial charge in [0.15, 0.2) is 11.5 Å². The van der Waals surface area contributed by atoms with Crippen molar-refractivity contribution in [2.45, 2.75) is 19.3 Å². The number of carbonyl (C=O) groups is 1. The molecular formula is C20H19NO5. The first-order valence-electron chi connectivity index (χ1n) is 8.11. The van der Waals surface area contributed by atoms with Gasteiger partial charge in [-0.3, -0.25) is 9.59 Å². The number of hydrogen-bond acceptors (Lipinski definition) is 5. The molecule has 2 heterocycles. The Morgan fingerprint density at radius 2 is 2.08 bits per heavy atom. The fraction of sp³-hybridized carbons (Fsp3) is 0.300. The van der Waals surface area contributed by atoms with E-state index in [0.717, 1.165) is 11.3 Å². The highest BCUT2D eigenvalue weighted by Gasteiger charge is 2.32. The molecule has 26 heavy (non-hydrogen) atoms. The summed E-state index contributed by atoms with van der Waals surface area (Å²) in [5.41, 5.74) is 1.76. The zero-order chi connectivity index (χ0) is 18.8. The zero-order valence-electron chi connectivity index (χ0n) is 14.9. The van der Waals surface area contributed by atoms with E-state index >= 15 is 0 Å². The third kappa shape index (κ3) is 3.04. The highest BCUT2D eigenvalue weighted by molar-refractivity contribution is 5.77. The summed E-state index contributed by atoms with van der Waals surface area (Å²) in [6.07, 6.45) is 5.34. The lowest BCUT2D eigenvalue weighted by molar-refractivity contribution is -0.135. The number of aromatic nitrogens is 1. The number of ether oxygens (including phenoxy) is 3. The van der Waals surface area contributed by atoms with E-state index in [0.29, 0.717) is 22.8 Å². The van der Waals surface area contributed by atoms with E-state index in [2.05, 4.69) is 5.92 Å². The van der Waals surface area contributed by atoms with Crippen LogP contribution in [0.5, 0.6) is 17.2 Å². The van der Waals surface area contributed by atoms with Crippen LogP contribution in [0.4, 0.5) is 0 Å².